The maximum atomic E-state index is 8.82. The summed E-state index contributed by atoms with van der Waals surface area (Å²) in [5, 5.41) is 21.7. The Kier molecular flexibility index (Phi) is 2.15. The molecule has 2 heterocycles. The lowest BCUT2D eigenvalue weighted by atomic mass is 9.88. The highest BCUT2D eigenvalue weighted by atomic mass is 16.4. The molecule has 0 atom stereocenters. The molecule has 0 aliphatic heterocycles. The van der Waals surface area contributed by atoms with Gasteiger partial charge in [0.1, 0.15) is 17.6 Å². The lowest BCUT2D eigenvalue weighted by Crippen LogP contribution is -2.28. The van der Waals surface area contributed by atoms with E-state index in [2.05, 4.69) is 5.10 Å². The Morgan fingerprint density at radius 2 is 2.29 bits per heavy atom. The molecule has 2 aromatic heterocycles. The molecule has 0 fully saturated rings. The molecule has 0 radical (unpaired) electrons. The Morgan fingerprint density at radius 3 is 2.79 bits per heavy atom. The molecule has 5 nitrogen and oxygen atoms in total. The summed E-state index contributed by atoms with van der Waals surface area (Å²) in [7, 11) is -1.58. The van der Waals surface area contributed by atoms with Crippen LogP contribution >= 0.6 is 0 Å². The minimum absolute atomic E-state index is 0.105. The number of aromatic nitrogens is 2. The lowest BCUT2D eigenvalue weighted by Gasteiger charge is -1.92. The fourth-order valence-electron chi connectivity index (χ4n) is 1.15. The largest absolute Gasteiger partial charge is 0.526 e. The van der Waals surface area contributed by atoms with Gasteiger partial charge in [0.15, 0.2) is 0 Å². The summed E-state index contributed by atoms with van der Waals surface area (Å²) in [4.78, 5) is 0. The van der Waals surface area contributed by atoms with Crippen LogP contribution < -0.4 is 5.66 Å². The maximum absolute atomic E-state index is 8.82. The highest BCUT2D eigenvalue weighted by Crippen LogP contribution is 2.06. The van der Waals surface area contributed by atoms with Crippen molar-refractivity contribution in [1.29, 1.82) is 0 Å². The van der Waals surface area contributed by atoms with Crippen LogP contribution in [0.5, 0.6) is 0 Å². The van der Waals surface area contributed by atoms with Crippen molar-refractivity contribution in [1.82, 2.24) is 9.78 Å². The van der Waals surface area contributed by atoms with Gasteiger partial charge in [0.05, 0.1) is 6.20 Å². The molecule has 2 N–H and O–H groups in total. The van der Waals surface area contributed by atoms with E-state index in [1.807, 2.05) is 13.1 Å². The molecule has 0 bridgehead atoms. The second kappa shape index (κ2) is 3.32. The standard InChI is InChI=1S/C8H9BN2O3/c1-6-3-10-11(4-6)7-2-8(9(12)13)14-5-7/h2-5,12-13H,1H3. The average Bonchev–Trinajstić information content (AvgIpc) is 2.70. The van der Waals surface area contributed by atoms with Crippen LogP contribution in [0.3, 0.4) is 0 Å². The van der Waals surface area contributed by atoms with E-state index in [4.69, 9.17) is 14.5 Å². The number of rotatable bonds is 2. The zero-order chi connectivity index (χ0) is 10.1. The van der Waals surface area contributed by atoms with Gasteiger partial charge in [-0.05, 0) is 12.5 Å². The van der Waals surface area contributed by atoms with E-state index < -0.39 is 7.12 Å². The van der Waals surface area contributed by atoms with Crippen molar-refractivity contribution in [2.45, 2.75) is 6.92 Å². The van der Waals surface area contributed by atoms with E-state index in [-0.39, 0.29) is 5.66 Å². The summed E-state index contributed by atoms with van der Waals surface area (Å²) < 4.78 is 6.53. The van der Waals surface area contributed by atoms with Crippen LogP contribution in [0.1, 0.15) is 5.56 Å². The molecular weight excluding hydrogens is 183 g/mol. The molecule has 0 saturated heterocycles. The van der Waals surface area contributed by atoms with Gasteiger partial charge in [0.25, 0.3) is 0 Å². The first-order chi connectivity index (χ1) is 6.66. The summed E-state index contributed by atoms with van der Waals surface area (Å²) in [6.07, 6.45) is 4.95. The SMILES string of the molecule is Cc1cnn(-c2coc(B(O)O)c2)c1. The van der Waals surface area contributed by atoms with E-state index >= 15 is 0 Å². The average molecular weight is 192 g/mol. The van der Waals surface area contributed by atoms with Gasteiger partial charge in [-0.2, -0.15) is 5.10 Å². The van der Waals surface area contributed by atoms with Crippen LogP contribution in [0.15, 0.2) is 29.1 Å². The molecule has 0 unspecified atom stereocenters. The van der Waals surface area contributed by atoms with E-state index in [0.717, 1.165) is 5.56 Å². The fourth-order valence-corrected chi connectivity index (χ4v) is 1.15. The summed E-state index contributed by atoms with van der Waals surface area (Å²) in [6, 6.07) is 1.52. The van der Waals surface area contributed by atoms with Crippen molar-refractivity contribution in [2.75, 3.05) is 0 Å². The zero-order valence-electron chi connectivity index (χ0n) is 7.58. The van der Waals surface area contributed by atoms with Crippen LogP contribution in [0.2, 0.25) is 0 Å². The highest BCUT2D eigenvalue weighted by molar-refractivity contribution is 6.57. The van der Waals surface area contributed by atoms with Crippen LogP contribution in [0.25, 0.3) is 5.69 Å². The van der Waals surface area contributed by atoms with Gasteiger partial charge in [-0.3, -0.25) is 0 Å². The molecule has 0 aliphatic rings. The first kappa shape index (κ1) is 9.05. The monoisotopic (exact) mass is 192 g/mol. The molecular formula is C8H9BN2O3. The molecule has 0 amide bonds. The van der Waals surface area contributed by atoms with Crippen molar-refractivity contribution in [3.05, 3.63) is 30.3 Å². The lowest BCUT2D eigenvalue weighted by molar-refractivity contribution is 0.409. The number of hydrogen-bond acceptors (Lipinski definition) is 4. The first-order valence-corrected chi connectivity index (χ1v) is 4.13. The van der Waals surface area contributed by atoms with Crippen molar-refractivity contribution in [3.63, 3.8) is 0 Å². The summed E-state index contributed by atoms with van der Waals surface area (Å²) in [5.41, 5.74) is 1.80. The van der Waals surface area contributed by atoms with Gasteiger partial charge in [-0.25, -0.2) is 4.68 Å². The predicted octanol–water partition coefficient (Wildman–Crippen LogP) is -0.546. The van der Waals surface area contributed by atoms with Gasteiger partial charge < -0.3 is 14.5 Å². The zero-order valence-corrected chi connectivity index (χ0v) is 7.58. The predicted molar refractivity (Wildman–Crippen MR) is 50.4 cm³/mol. The van der Waals surface area contributed by atoms with Gasteiger partial charge in [0.2, 0.25) is 0 Å². The van der Waals surface area contributed by atoms with Gasteiger partial charge in [-0.1, -0.05) is 0 Å². The van der Waals surface area contributed by atoms with Gasteiger partial charge in [-0.15, -0.1) is 0 Å². The molecule has 0 aliphatic carbocycles. The highest BCUT2D eigenvalue weighted by Gasteiger charge is 2.16. The minimum atomic E-state index is -1.58. The first-order valence-electron chi connectivity index (χ1n) is 4.13. The van der Waals surface area contributed by atoms with Gasteiger partial charge >= 0.3 is 7.12 Å². The smallest absolute Gasteiger partial charge is 0.471 e. The Bertz CT molecular complexity index is 435. The molecule has 2 aromatic rings. The van der Waals surface area contributed by atoms with Crippen LogP contribution in [-0.2, 0) is 0 Å². The van der Waals surface area contributed by atoms with Crippen molar-refractivity contribution >= 4 is 12.8 Å². The van der Waals surface area contributed by atoms with Crippen LogP contribution in [0.4, 0.5) is 0 Å². The molecule has 6 heteroatoms. The number of furan rings is 1. The Balaban J connectivity index is 2.33. The minimum Gasteiger partial charge on any atom is -0.471 e. The third-order valence-corrected chi connectivity index (χ3v) is 1.84. The van der Waals surface area contributed by atoms with Crippen molar-refractivity contribution in [3.8, 4) is 5.69 Å². The van der Waals surface area contributed by atoms with E-state index in [1.54, 1.807) is 10.9 Å². The molecule has 2 rings (SSSR count). The second-order valence-corrected chi connectivity index (χ2v) is 3.04. The third-order valence-electron chi connectivity index (χ3n) is 1.84. The van der Waals surface area contributed by atoms with Crippen LogP contribution in [-0.4, -0.2) is 26.9 Å². The van der Waals surface area contributed by atoms with E-state index in [9.17, 15) is 0 Å². The van der Waals surface area contributed by atoms with E-state index in [0.29, 0.717) is 5.69 Å². The van der Waals surface area contributed by atoms with Crippen molar-refractivity contribution < 1.29 is 14.5 Å². The molecule has 72 valence electrons. The number of hydrogen-bond donors (Lipinski definition) is 2. The van der Waals surface area contributed by atoms with Crippen molar-refractivity contribution in [2.24, 2.45) is 0 Å². The summed E-state index contributed by atoms with van der Waals surface area (Å²) in [5.74, 6) is 0. The number of nitrogens with zero attached hydrogens (tertiary/aromatic N) is 2. The maximum Gasteiger partial charge on any atom is 0.526 e. The third kappa shape index (κ3) is 1.57. The Morgan fingerprint density at radius 1 is 1.50 bits per heavy atom. The second-order valence-electron chi connectivity index (χ2n) is 3.04. The number of aryl methyl sites for hydroxylation is 1. The summed E-state index contributed by atoms with van der Waals surface area (Å²) in [6.45, 7) is 1.92. The molecule has 0 aromatic carbocycles. The molecule has 0 spiro atoms. The Labute approximate surface area is 80.7 Å². The quantitative estimate of drug-likeness (QED) is 0.626. The molecule has 14 heavy (non-hydrogen) atoms. The topological polar surface area (TPSA) is 71.4 Å². The molecule has 0 saturated carbocycles. The van der Waals surface area contributed by atoms with E-state index in [1.165, 1.54) is 12.3 Å². The Hall–Kier alpha value is -1.53. The van der Waals surface area contributed by atoms with Crippen LogP contribution in [0, 0.1) is 6.92 Å². The normalized spacial score (nSPS) is 10.5. The summed E-state index contributed by atoms with van der Waals surface area (Å²) >= 11 is 0. The van der Waals surface area contributed by atoms with Gasteiger partial charge in [0, 0.05) is 12.3 Å². The fraction of sp³-hybridized carbons (Fsp3) is 0.125.